The van der Waals surface area contributed by atoms with E-state index in [9.17, 15) is 9.59 Å². The molecule has 0 aliphatic carbocycles. The molecule has 0 heterocycles. The molecule has 0 fully saturated rings. The Hall–Kier alpha value is -0.510. The van der Waals surface area contributed by atoms with Crippen LogP contribution < -0.4 is 0 Å². The summed E-state index contributed by atoms with van der Waals surface area (Å²) >= 11 is 0.0736. The van der Waals surface area contributed by atoms with Gasteiger partial charge in [0, 0.05) is 19.5 Å². The Morgan fingerprint density at radius 3 is 2.80 bits per heavy atom. The molecule has 0 aromatic carbocycles. The molecule has 0 radical (unpaired) electrons. The van der Waals surface area contributed by atoms with Crippen molar-refractivity contribution in [3.63, 3.8) is 0 Å². The number of rotatable bonds is 3. The highest BCUT2D eigenvalue weighted by atomic mass is 32.2. The Balaban J connectivity index is 5.08. The average Bonchev–Trinajstić information content (AvgIpc) is 1.74. The van der Waals surface area contributed by atoms with Crippen LogP contribution in [0.25, 0.3) is 0 Å². The van der Waals surface area contributed by atoms with E-state index in [-0.39, 0.29) is 11.8 Å². The predicted molar refractivity (Wildman–Crippen MR) is 39.9 cm³/mol. The molecule has 0 bridgehead atoms. The van der Waals surface area contributed by atoms with Crippen LogP contribution in [0.3, 0.4) is 0 Å². The summed E-state index contributed by atoms with van der Waals surface area (Å²) in [5.41, 5.74) is -2.65. The van der Waals surface area contributed by atoms with Gasteiger partial charge in [-0.25, -0.2) is 0 Å². The van der Waals surface area contributed by atoms with E-state index in [2.05, 4.69) is 0 Å². The van der Waals surface area contributed by atoms with Crippen molar-refractivity contribution in [3.05, 3.63) is 0 Å². The first kappa shape index (κ1) is 3.76. The normalized spacial score (nSPS) is 22.7. The number of carboxylic acids is 1. The molecule has 0 spiro atoms. The van der Waals surface area contributed by atoms with Gasteiger partial charge in [0.2, 0.25) is 0 Å². The summed E-state index contributed by atoms with van der Waals surface area (Å²) in [7, 11) is 0. The SMILES string of the molecule is [2H]C([2H])([2H])C(C(=O)O)C([2H])([2H])SC(C)=O. The van der Waals surface area contributed by atoms with E-state index in [1.807, 2.05) is 0 Å². The number of hydrogen-bond acceptors (Lipinski definition) is 3. The van der Waals surface area contributed by atoms with Gasteiger partial charge < -0.3 is 5.11 Å². The molecule has 0 aliphatic heterocycles. The van der Waals surface area contributed by atoms with Crippen molar-refractivity contribution in [3.8, 4) is 0 Å². The van der Waals surface area contributed by atoms with E-state index in [1.54, 1.807) is 0 Å². The van der Waals surface area contributed by atoms with Crippen LogP contribution in [-0.2, 0) is 9.59 Å². The van der Waals surface area contributed by atoms with Crippen molar-refractivity contribution in [2.24, 2.45) is 5.92 Å². The Kier molecular flexibility index (Phi) is 1.63. The Morgan fingerprint density at radius 2 is 2.50 bits per heavy atom. The number of carbonyl (C=O) groups excluding carboxylic acids is 1. The molecular formula is C6H10O3S. The van der Waals surface area contributed by atoms with Crippen molar-refractivity contribution in [1.29, 1.82) is 0 Å². The molecule has 1 N–H and O–H groups in total. The third-order valence-electron chi connectivity index (χ3n) is 0.567. The van der Waals surface area contributed by atoms with E-state index in [0.29, 0.717) is 0 Å². The topological polar surface area (TPSA) is 54.4 Å². The molecule has 0 aromatic heterocycles. The molecule has 0 amide bonds. The summed E-state index contributed by atoms with van der Waals surface area (Å²) in [6.07, 6.45) is 0. The molecule has 0 aliphatic rings. The highest BCUT2D eigenvalue weighted by Gasteiger charge is 2.11. The molecule has 0 saturated heterocycles. The van der Waals surface area contributed by atoms with Crippen molar-refractivity contribution in [2.75, 3.05) is 5.70 Å². The highest BCUT2D eigenvalue weighted by Crippen LogP contribution is 2.08. The second kappa shape index (κ2) is 4.33. The first-order chi connectivity index (χ1) is 6.48. The van der Waals surface area contributed by atoms with E-state index < -0.39 is 29.6 Å². The second-order valence-electron chi connectivity index (χ2n) is 1.48. The van der Waals surface area contributed by atoms with Gasteiger partial charge in [-0.3, -0.25) is 9.59 Å². The molecule has 1 unspecified atom stereocenters. The van der Waals surface area contributed by atoms with Gasteiger partial charge >= 0.3 is 5.97 Å². The molecule has 0 rings (SSSR count). The summed E-state index contributed by atoms with van der Waals surface area (Å²) < 4.78 is 35.3. The van der Waals surface area contributed by atoms with Gasteiger partial charge in [-0.15, -0.1) is 0 Å². The lowest BCUT2D eigenvalue weighted by Gasteiger charge is -2.01. The smallest absolute Gasteiger partial charge is 0.307 e. The summed E-state index contributed by atoms with van der Waals surface area (Å²) in [5, 5.41) is 7.96. The van der Waals surface area contributed by atoms with Crippen molar-refractivity contribution >= 4 is 22.8 Å². The maximum Gasteiger partial charge on any atom is 0.307 e. The summed E-state index contributed by atoms with van der Waals surface area (Å²) in [6.45, 7) is -1.95. The number of thioether (sulfide) groups is 1. The van der Waals surface area contributed by atoms with Gasteiger partial charge in [-0.05, 0) is 0 Å². The monoisotopic (exact) mass is 167 g/mol. The lowest BCUT2D eigenvalue weighted by atomic mass is 10.2. The average molecular weight is 167 g/mol. The molecule has 1 atom stereocenters. The largest absolute Gasteiger partial charge is 0.481 e. The number of carboxylic acid groups (broad SMARTS) is 1. The van der Waals surface area contributed by atoms with Gasteiger partial charge in [0.15, 0.2) is 5.12 Å². The van der Waals surface area contributed by atoms with Crippen LogP contribution in [-0.4, -0.2) is 21.9 Å². The molecule has 58 valence electrons. The Labute approximate surface area is 70.8 Å². The fraction of sp³-hybridized carbons (Fsp3) is 0.667. The van der Waals surface area contributed by atoms with Gasteiger partial charge in [0.25, 0.3) is 0 Å². The molecule has 3 nitrogen and oxygen atoms in total. The van der Waals surface area contributed by atoms with E-state index >= 15 is 0 Å². The first-order valence-corrected chi connectivity index (χ1v) is 3.22. The van der Waals surface area contributed by atoms with Crippen molar-refractivity contribution < 1.29 is 21.5 Å². The van der Waals surface area contributed by atoms with E-state index in [0.717, 1.165) is 6.92 Å². The van der Waals surface area contributed by atoms with Crippen LogP contribution in [0.15, 0.2) is 0 Å². The van der Waals surface area contributed by atoms with Crippen LogP contribution in [0, 0.1) is 5.92 Å². The highest BCUT2D eigenvalue weighted by molar-refractivity contribution is 8.13. The number of carbonyl (C=O) groups is 2. The number of aliphatic carboxylic acids is 1. The molecule has 10 heavy (non-hydrogen) atoms. The predicted octanol–water partition coefficient (Wildman–Crippen LogP) is 0.987. The van der Waals surface area contributed by atoms with Gasteiger partial charge in [0.05, 0.1) is 5.92 Å². The maximum absolute atomic E-state index is 10.7. The minimum Gasteiger partial charge on any atom is -0.481 e. The second-order valence-corrected chi connectivity index (χ2v) is 2.50. The van der Waals surface area contributed by atoms with Gasteiger partial charge in [0.1, 0.15) is 0 Å². The summed E-state index contributed by atoms with van der Waals surface area (Å²) in [4.78, 5) is 21.3. The minimum absolute atomic E-state index is 0.0736. The first-order valence-electron chi connectivity index (χ1n) is 4.91. The number of hydrogen-bond donors (Lipinski definition) is 1. The fourth-order valence-electron chi connectivity index (χ4n) is 0.192. The zero-order chi connectivity index (χ0) is 12.4. The third kappa shape index (κ3) is 4.38. The van der Waals surface area contributed by atoms with Crippen LogP contribution in [0.1, 0.15) is 20.6 Å². The Bertz CT molecular complexity index is 274. The molecule has 4 heteroatoms. The van der Waals surface area contributed by atoms with Crippen LogP contribution >= 0.6 is 11.8 Å². The van der Waals surface area contributed by atoms with Crippen molar-refractivity contribution in [2.45, 2.75) is 13.8 Å². The standard InChI is InChI=1S/C6H10O3S/c1-4(6(8)9)3-10-5(2)7/h4H,3H2,1-2H3,(H,8,9)/i1D3,3D2. The molecular weight excluding hydrogens is 152 g/mol. The fourth-order valence-corrected chi connectivity index (χ4v) is 0.577. The zero-order valence-corrected chi connectivity index (χ0v) is 6.07. The summed E-state index contributed by atoms with van der Waals surface area (Å²) in [6, 6.07) is 0. The van der Waals surface area contributed by atoms with Gasteiger partial charge in [-0.1, -0.05) is 18.6 Å². The minimum atomic E-state index is -2.99. The molecule has 0 aromatic rings. The summed E-state index contributed by atoms with van der Waals surface area (Å²) in [5.74, 6) is -4.01. The van der Waals surface area contributed by atoms with E-state index in [4.69, 9.17) is 12.0 Å². The maximum atomic E-state index is 10.7. The van der Waals surface area contributed by atoms with E-state index in [1.165, 1.54) is 0 Å². The lowest BCUT2D eigenvalue weighted by molar-refractivity contribution is -0.140. The van der Waals surface area contributed by atoms with Crippen molar-refractivity contribution in [1.82, 2.24) is 0 Å². The van der Waals surface area contributed by atoms with Crippen LogP contribution in [0.4, 0.5) is 0 Å². The van der Waals surface area contributed by atoms with Crippen LogP contribution in [0.5, 0.6) is 0 Å². The zero-order valence-electron chi connectivity index (χ0n) is 10.2. The quantitative estimate of drug-likeness (QED) is 0.681. The van der Waals surface area contributed by atoms with Gasteiger partial charge in [-0.2, -0.15) is 0 Å². The Morgan fingerprint density at radius 1 is 1.90 bits per heavy atom. The third-order valence-corrected chi connectivity index (χ3v) is 1.21. The lowest BCUT2D eigenvalue weighted by Crippen LogP contribution is -2.12. The molecule has 0 saturated carbocycles. The van der Waals surface area contributed by atoms with Crippen LogP contribution in [0.2, 0.25) is 0 Å².